The van der Waals surface area contributed by atoms with Gasteiger partial charge in [0.25, 0.3) is 0 Å². The zero-order valence-electron chi connectivity index (χ0n) is 7.76. The van der Waals surface area contributed by atoms with E-state index in [0.717, 1.165) is 14.0 Å². The summed E-state index contributed by atoms with van der Waals surface area (Å²) < 4.78 is 4.22. The molecule has 0 aliphatic carbocycles. The first-order valence-corrected chi connectivity index (χ1v) is 3.70. The van der Waals surface area contributed by atoms with E-state index in [0.29, 0.717) is 0 Å². The van der Waals surface area contributed by atoms with Gasteiger partial charge in [0.1, 0.15) is 0 Å². The molecule has 0 amide bonds. The van der Waals surface area contributed by atoms with Crippen LogP contribution in [-0.2, 0) is 9.53 Å². The normalized spacial score (nSPS) is 10.7. The number of ether oxygens (including phenoxy) is 1. The van der Waals surface area contributed by atoms with Crippen molar-refractivity contribution in [1.29, 1.82) is 0 Å². The molecule has 0 aromatic rings. The summed E-state index contributed by atoms with van der Waals surface area (Å²) in [5, 5.41) is 20.8. The number of methoxy groups -OCH3 is 1. The molecule has 0 aliphatic heterocycles. The van der Waals surface area contributed by atoms with Gasteiger partial charge in [-0.05, 0) is 0 Å². The molecule has 0 aliphatic rings. The number of rotatable bonds is 5. The van der Waals surface area contributed by atoms with Gasteiger partial charge in [0.05, 0.1) is 36.7 Å². The van der Waals surface area contributed by atoms with Gasteiger partial charge in [-0.25, -0.2) is 0 Å². The van der Waals surface area contributed by atoms with Crippen molar-refractivity contribution in [2.24, 2.45) is 0 Å². The van der Waals surface area contributed by atoms with Crippen molar-refractivity contribution in [3.63, 3.8) is 0 Å². The maximum atomic E-state index is 10.6. The Balaban J connectivity index is 4.47. The summed E-state index contributed by atoms with van der Waals surface area (Å²) in [5.41, 5.74) is -2.33. The Morgan fingerprint density at radius 1 is 1.36 bits per heavy atom. The summed E-state index contributed by atoms with van der Waals surface area (Å²) >= 11 is 0. The van der Waals surface area contributed by atoms with Gasteiger partial charge in [-0.2, -0.15) is 0 Å². The Morgan fingerprint density at radius 3 is 2.07 bits per heavy atom. The molecular weight excluding hydrogens is 196 g/mol. The van der Waals surface area contributed by atoms with Crippen molar-refractivity contribution in [1.82, 2.24) is 0 Å². The molecule has 0 saturated heterocycles. The molecule has 80 valence electrons. The molecule has 0 atom stereocenters. The molecule has 8 heteroatoms. The van der Waals surface area contributed by atoms with Crippen molar-refractivity contribution in [2.75, 3.05) is 7.11 Å². The first-order chi connectivity index (χ1) is 6.34. The maximum Gasteiger partial charge on any atom is 0.456 e. The highest BCUT2D eigenvalue weighted by Crippen LogP contribution is 2.17. The lowest BCUT2D eigenvalue weighted by Crippen LogP contribution is -2.43. The summed E-state index contributed by atoms with van der Waals surface area (Å²) in [6.45, 7) is 0.857. The van der Waals surface area contributed by atoms with E-state index >= 15 is 0 Å². The first-order valence-electron chi connectivity index (χ1n) is 3.70. The first kappa shape index (κ1) is 12.3. The second-order valence-corrected chi connectivity index (χ2v) is 2.81. The Labute approximate surface area is 79.1 Å². The largest absolute Gasteiger partial charge is 0.469 e. The summed E-state index contributed by atoms with van der Waals surface area (Å²) in [6.07, 6.45) is -0.839. The maximum absolute atomic E-state index is 10.6. The van der Waals surface area contributed by atoms with E-state index in [4.69, 9.17) is 0 Å². The zero-order valence-corrected chi connectivity index (χ0v) is 7.76. The van der Waals surface area contributed by atoms with Crippen molar-refractivity contribution in [3.05, 3.63) is 20.2 Å². The second-order valence-electron chi connectivity index (χ2n) is 2.81. The smallest absolute Gasteiger partial charge is 0.456 e. The lowest BCUT2D eigenvalue weighted by molar-refractivity contribution is -0.792. The van der Waals surface area contributed by atoms with Gasteiger partial charge in [-0.1, -0.05) is 0 Å². The molecule has 14 heavy (non-hydrogen) atoms. The molecule has 0 aromatic carbocycles. The Bertz CT molecular complexity index is 249. The van der Waals surface area contributed by atoms with E-state index in [1.54, 1.807) is 0 Å². The Hall–Kier alpha value is -1.73. The highest BCUT2D eigenvalue weighted by Gasteiger charge is 2.50. The lowest BCUT2D eigenvalue weighted by atomic mass is 10.1. The third kappa shape index (κ3) is 2.64. The van der Waals surface area contributed by atoms with Crippen LogP contribution in [0.4, 0.5) is 0 Å². The molecule has 0 N–H and O–H groups in total. The summed E-state index contributed by atoms with van der Waals surface area (Å²) in [7, 11) is 1.11. The lowest BCUT2D eigenvalue weighted by Gasteiger charge is -2.11. The van der Waals surface area contributed by atoms with Crippen molar-refractivity contribution < 1.29 is 19.4 Å². The van der Waals surface area contributed by atoms with Gasteiger partial charge < -0.3 is 4.74 Å². The minimum absolute atomic E-state index is 0.352. The van der Waals surface area contributed by atoms with Gasteiger partial charge in [0.2, 0.25) is 0 Å². The molecule has 0 bridgehead atoms. The number of nitro groups is 2. The number of carbonyl (C=O) groups is 1. The number of esters is 1. The SMILES string of the molecule is COC(=O)CCC(C)([N+](=O)[O-])[N+](=O)[O-]. The minimum atomic E-state index is -2.33. The summed E-state index contributed by atoms with van der Waals surface area (Å²) in [6, 6.07) is 0. The average molecular weight is 206 g/mol. The molecule has 0 spiro atoms. The van der Waals surface area contributed by atoms with Crippen molar-refractivity contribution in [3.8, 4) is 0 Å². The third-order valence-electron chi connectivity index (χ3n) is 1.82. The monoisotopic (exact) mass is 206 g/mol. The number of hydrogen-bond donors (Lipinski definition) is 0. The van der Waals surface area contributed by atoms with Crippen LogP contribution in [0.15, 0.2) is 0 Å². The third-order valence-corrected chi connectivity index (χ3v) is 1.82. The van der Waals surface area contributed by atoms with Crippen LogP contribution < -0.4 is 0 Å². The zero-order chi connectivity index (χ0) is 11.4. The van der Waals surface area contributed by atoms with E-state index in [1.165, 1.54) is 0 Å². The van der Waals surface area contributed by atoms with Gasteiger partial charge in [0, 0.05) is 0 Å². The fourth-order valence-electron chi connectivity index (χ4n) is 0.690. The minimum Gasteiger partial charge on any atom is -0.469 e. The van der Waals surface area contributed by atoms with Crippen LogP contribution in [0, 0.1) is 20.2 Å². The quantitative estimate of drug-likeness (QED) is 0.275. The van der Waals surface area contributed by atoms with E-state index in [2.05, 4.69) is 4.74 Å². The van der Waals surface area contributed by atoms with E-state index in [-0.39, 0.29) is 6.42 Å². The fourth-order valence-corrected chi connectivity index (χ4v) is 0.690. The Kier molecular flexibility index (Phi) is 3.94. The molecule has 0 rings (SSSR count). The molecule has 0 fully saturated rings. The molecular formula is C6H10N2O6. The van der Waals surface area contributed by atoms with Crippen LogP contribution in [0.3, 0.4) is 0 Å². The molecule has 0 radical (unpaired) electrons. The highest BCUT2D eigenvalue weighted by molar-refractivity contribution is 5.69. The van der Waals surface area contributed by atoms with Gasteiger partial charge >= 0.3 is 11.6 Å². The van der Waals surface area contributed by atoms with Crippen LogP contribution in [-0.4, -0.2) is 28.6 Å². The second kappa shape index (κ2) is 4.49. The predicted octanol–water partition coefficient (Wildman–Crippen LogP) is 0.209. The Morgan fingerprint density at radius 2 is 1.79 bits per heavy atom. The molecule has 0 unspecified atom stereocenters. The van der Waals surface area contributed by atoms with Crippen LogP contribution in [0.5, 0.6) is 0 Å². The summed E-state index contributed by atoms with van der Waals surface area (Å²) in [4.78, 5) is 29.4. The number of nitrogens with zero attached hydrogens (tertiary/aromatic N) is 2. The van der Waals surface area contributed by atoms with Crippen LogP contribution in [0.2, 0.25) is 0 Å². The van der Waals surface area contributed by atoms with E-state index in [9.17, 15) is 25.0 Å². The molecule has 0 aromatic heterocycles. The van der Waals surface area contributed by atoms with Crippen molar-refractivity contribution in [2.45, 2.75) is 25.4 Å². The highest BCUT2D eigenvalue weighted by atomic mass is 16.7. The van der Waals surface area contributed by atoms with Gasteiger partial charge in [-0.3, -0.25) is 25.0 Å². The van der Waals surface area contributed by atoms with Gasteiger partial charge in [0.15, 0.2) is 0 Å². The van der Waals surface area contributed by atoms with Crippen LogP contribution in [0.1, 0.15) is 19.8 Å². The molecule has 0 saturated carbocycles. The standard InChI is InChI=1S/C6H10N2O6/c1-6(7(10)11,8(12)13)4-3-5(9)14-2/h3-4H2,1-2H3. The number of hydrogen-bond acceptors (Lipinski definition) is 6. The number of carbonyl (C=O) groups excluding carboxylic acids is 1. The van der Waals surface area contributed by atoms with Crippen LogP contribution in [0.25, 0.3) is 0 Å². The van der Waals surface area contributed by atoms with Gasteiger partial charge in [-0.15, -0.1) is 0 Å². The molecule has 8 nitrogen and oxygen atoms in total. The topological polar surface area (TPSA) is 113 Å². The van der Waals surface area contributed by atoms with E-state index < -0.39 is 27.9 Å². The average Bonchev–Trinajstić information content (AvgIpc) is 2.12. The summed E-state index contributed by atoms with van der Waals surface area (Å²) in [5.74, 6) is -0.708. The predicted molar refractivity (Wildman–Crippen MR) is 43.6 cm³/mol. The van der Waals surface area contributed by atoms with Crippen LogP contribution >= 0.6 is 0 Å². The molecule has 0 heterocycles. The van der Waals surface area contributed by atoms with E-state index in [1.807, 2.05) is 0 Å². The van der Waals surface area contributed by atoms with Crippen molar-refractivity contribution >= 4 is 5.97 Å². The fraction of sp³-hybridized carbons (Fsp3) is 0.833.